The SMILES string of the molecule is CCC(C(=O)N(Cc1ncc[nH]1)C1CCCCC1)C1CCCCC1. The normalized spacial score (nSPS) is 21.5. The zero-order chi connectivity index (χ0) is 16.8. The van der Waals surface area contributed by atoms with Crippen LogP contribution in [0.1, 0.15) is 83.4 Å². The van der Waals surface area contributed by atoms with Crippen molar-refractivity contribution in [1.29, 1.82) is 0 Å². The third-order valence-electron chi connectivity index (χ3n) is 6.15. The Kier molecular flexibility index (Phi) is 6.33. The highest BCUT2D eigenvalue weighted by Gasteiger charge is 2.34. The van der Waals surface area contributed by atoms with E-state index in [1.165, 1.54) is 51.4 Å². The quantitative estimate of drug-likeness (QED) is 0.823. The van der Waals surface area contributed by atoms with E-state index in [1.54, 1.807) is 6.20 Å². The van der Waals surface area contributed by atoms with Crippen LogP contribution < -0.4 is 0 Å². The van der Waals surface area contributed by atoms with E-state index in [9.17, 15) is 4.79 Å². The number of hydrogen-bond donors (Lipinski definition) is 1. The van der Waals surface area contributed by atoms with Gasteiger partial charge in [0, 0.05) is 24.4 Å². The number of rotatable bonds is 6. The van der Waals surface area contributed by atoms with Crippen molar-refractivity contribution < 1.29 is 4.79 Å². The number of imidazole rings is 1. The maximum atomic E-state index is 13.5. The molecule has 2 aliphatic rings. The van der Waals surface area contributed by atoms with Crippen LogP contribution in [0.4, 0.5) is 0 Å². The van der Waals surface area contributed by atoms with Gasteiger partial charge in [0.25, 0.3) is 0 Å². The van der Waals surface area contributed by atoms with Crippen molar-refractivity contribution in [3.8, 4) is 0 Å². The van der Waals surface area contributed by atoms with E-state index in [4.69, 9.17) is 0 Å². The summed E-state index contributed by atoms with van der Waals surface area (Å²) < 4.78 is 0. The fourth-order valence-corrected chi connectivity index (χ4v) is 4.78. The van der Waals surface area contributed by atoms with Crippen molar-refractivity contribution in [1.82, 2.24) is 14.9 Å². The third kappa shape index (κ3) is 4.20. The van der Waals surface area contributed by atoms with Gasteiger partial charge in [0.05, 0.1) is 6.54 Å². The van der Waals surface area contributed by atoms with E-state index in [1.807, 2.05) is 6.20 Å². The molecule has 1 amide bonds. The molecule has 4 nitrogen and oxygen atoms in total. The largest absolute Gasteiger partial charge is 0.347 e. The number of nitrogens with one attached hydrogen (secondary N) is 1. The summed E-state index contributed by atoms with van der Waals surface area (Å²) in [6.45, 7) is 2.85. The number of aromatic amines is 1. The molecule has 2 saturated carbocycles. The van der Waals surface area contributed by atoms with Crippen LogP contribution >= 0.6 is 0 Å². The second kappa shape index (κ2) is 8.68. The molecule has 1 atom stereocenters. The van der Waals surface area contributed by atoms with Gasteiger partial charge >= 0.3 is 0 Å². The van der Waals surface area contributed by atoms with Gasteiger partial charge in [0.15, 0.2) is 0 Å². The number of carbonyl (C=O) groups excluding carboxylic acids is 1. The van der Waals surface area contributed by atoms with Gasteiger partial charge in [0.1, 0.15) is 5.82 Å². The minimum absolute atomic E-state index is 0.210. The van der Waals surface area contributed by atoms with Gasteiger partial charge < -0.3 is 9.88 Å². The number of nitrogens with zero attached hydrogens (tertiary/aromatic N) is 2. The summed E-state index contributed by atoms with van der Waals surface area (Å²) in [5.74, 6) is 2.13. The van der Waals surface area contributed by atoms with Crippen molar-refractivity contribution in [2.24, 2.45) is 11.8 Å². The highest BCUT2D eigenvalue weighted by molar-refractivity contribution is 5.79. The van der Waals surface area contributed by atoms with Gasteiger partial charge in [-0.05, 0) is 38.0 Å². The highest BCUT2D eigenvalue weighted by Crippen LogP contribution is 2.34. The molecule has 0 saturated heterocycles. The molecular formula is C20H33N3O. The van der Waals surface area contributed by atoms with Gasteiger partial charge in [-0.2, -0.15) is 0 Å². The van der Waals surface area contributed by atoms with Gasteiger partial charge in [-0.25, -0.2) is 4.98 Å². The van der Waals surface area contributed by atoms with E-state index >= 15 is 0 Å². The molecule has 2 fully saturated rings. The van der Waals surface area contributed by atoms with E-state index < -0.39 is 0 Å². The maximum absolute atomic E-state index is 13.5. The number of hydrogen-bond acceptors (Lipinski definition) is 2. The topological polar surface area (TPSA) is 49.0 Å². The Bertz CT molecular complexity index is 487. The molecule has 0 aromatic carbocycles. The Morgan fingerprint density at radius 1 is 1.17 bits per heavy atom. The molecule has 0 bridgehead atoms. The lowest BCUT2D eigenvalue weighted by Gasteiger charge is -2.38. The second-order valence-electron chi connectivity index (χ2n) is 7.71. The zero-order valence-corrected chi connectivity index (χ0v) is 15.2. The molecule has 4 heteroatoms. The molecule has 1 N–H and O–H groups in total. The summed E-state index contributed by atoms with van der Waals surface area (Å²) in [7, 11) is 0. The van der Waals surface area contributed by atoms with Crippen LogP contribution in [0.2, 0.25) is 0 Å². The monoisotopic (exact) mass is 331 g/mol. The molecule has 1 aromatic rings. The second-order valence-corrected chi connectivity index (χ2v) is 7.71. The molecule has 24 heavy (non-hydrogen) atoms. The highest BCUT2D eigenvalue weighted by atomic mass is 16.2. The summed E-state index contributed by atoms with van der Waals surface area (Å²) >= 11 is 0. The fourth-order valence-electron chi connectivity index (χ4n) is 4.78. The predicted octanol–water partition coefficient (Wildman–Crippen LogP) is 4.68. The van der Waals surface area contributed by atoms with Crippen molar-refractivity contribution in [2.75, 3.05) is 0 Å². The number of H-pyrrole nitrogens is 1. The number of aromatic nitrogens is 2. The fraction of sp³-hybridized carbons (Fsp3) is 0.800. The zero-order valence-electron chi connectivity index (χ0n) is 15.2. The molecular weight excluding hydrogens is 298 g/mol. The first kappa shape index (κ1) is 17.5. The molecule has 1 unspecified atom stereocenters. The maximum Gasteiger partial charge on any atom is 0.226 e. The van der Waals surface area contributed by atoms with Crippen molar-refractivity contribution in [3.05, 3.63) is 18.2 Å². The van der Waals surface area contributed by atoms with Crippen molar-refractivity contribution in [2.45, 2.75) is 90.1 Å². The van der Waals surface area contributed by atoms with Crippen LogP contribution in [0.25, 0.3) is 0 Å². The first-order valence-electron chi connectivity index (χ1n) is 10.1. The van der Waals surface area contributed by atoms with Gasteiger partial charge in [0.2, 0.25) is 5.91 Å². The Balaban J connectivity index is 1.75. The molecule has 3 rings (SSSR count). The van der Waals surface area contributed by atoms with Crippen LogP contribution in [0.3, 0.4) is 0 Å². The van der Waals surface area contributed by atoms with Crippen LogP contribution in [-0.2, 0) is 11.3 Å². The standard InChI is InChI=1S/C20H33N3O/c1-2-18(16-9-5-3-6-10-16)20(24)23(15-19-21-13-14-22-19)17-11-7-4-8-12-17/h13-14,16-18H,2-12,15H2,1H3,(H,21,22). The smallest absolute Gasteiger partial charge is 0.226 e. The Hall–Kier alpha value is -1.32. The third-order valence-corrected chi connectivity index (χ3v) is 6.15. The van der Waals surface area contributed by atoms with Gasteiger partial charge in [-0.3, -0.25) is 4.79 Å². The van der Waals surface area contributed by atoms with Crippen LogP contribution in [0, 0.1) is 11.8 Å². The van der Waals surface area contributed by atoms with Crippen LogP contribution in [0.15, 0.2) is 12.4 Å². The molecule has 134 valence electrons. The molecule has 1 aromatic heterocycles. The summed E-state index contributed by atoms with van der Waals surface area (Å²) in [6.07, 6.45) is 17.2. The van der Waals surface area contributed by atoms with E-state index in [-0.39, 0.29) is 5.92 Å². The minimum atomic E-state index is 0.210. The summed E-state index contributed by atoms with van der Waals surface area (Å²) in [4.78, 5) is 23.2. The lowest BCUT2D eigenvalue weighted by atomic mass is 9.77. The Morgan fingerprint density at radius 3 is 2.42 bits per heavy atom. The van der Waals surface area contributed by atoms with Crippen molar-refractivity contribution in [3.63, 3.8) is 0 Å². The van der Waals surface area contributed by atoms with E-state index in [0.29, 0.717) is 24.4 Å². The molecule has 0 spiro atoms. The molecule has 2 aliphatic carbocycles. The van der Waals surface area contributed by atoms with E-state index in [0.717, 1.165) is 25.1 Å². The number of carbonyl (C=O) groups is 1. The van der Waals surface area contributed by atoms with Crippen molar-refractivity contribution >= 4 is 5.91 Å². The minimum Gasteiger partial charge on any atom is -0.347 e. The van der Waals surface area contributed by atoms with Crippen LogP contribution in [-0.4, -0.2) is 26.8 Å². The predicted molar refractivity (Wildman–Crippen MR) is 96.4 cm³/mol. The summed E-state index contributed by atoms with van der Waals surface area (Å²) in [5, 5.41) is 0. The lowest BCUT2D eigenvalue weighted by Crippen LogP contribution is -2.46. The summed E-state index contributed by atoms with van der Waals surface area (Å²) in [5.41, 5.74) is 0. The number of amides is 1. The Labute approximate surface area is 146 Å². The Morgan fingerprint density at radius 2 is 1.83 bits per heavy atom. The average molecular weight is 332 g/mol. The average Bonchev–Trinajstić information content (AvgIpc) is 3.15. The molecule has 0 radical (unpaired) electrons. The van der Waals surface area contributed by atoms with Crippen LogP contribution in [0.5, 0.6) is 0 Å². The van der Waals surface area contributed by atoms with Gasteiger partial charge in [-0.15, -0.1) is 0 Å². The lowest BCUT2D eigenvalue weighted by molar-refractivity contribution is -0.142. The first-order valence-corrected chi connectivity index (χ1v) is 10.1. The molecule has 1 heterocycles. The van der Waals surface area contributed by atoms with E-state index in [2.05, 4.69) is 21.8 Å². The first-order chi connectivity index (χ1) is 11.8. The van der Waals surface area contributed by atoms with Gasteiger partial charge in [-0.1, -0.05) is 45.4 Å². The summed E-state index contributed by atoms with van der Waals surface area (Å²) in [6, 6.07) is 0.411. The molecule has 0 aliphatic heterocycles.